The van der Waals surface area contributed by atoms with E-state index in [0.717, 1.165) is 7.05 Å². The third-order valence-corrected chi connectivity index (χ3v) is 1.90. The average Bonchev–Trinajstić information content (AvgIpc) is 2.14. The SMILES string of the molecule is [CH]c1cccc(C(=O)N(C)CC(F)(F)F)c1. The number of carbonyl (C=O) groups excluding carboxylic acids is 1. The molecule has 1 aromatic carbocycles. The van der Waals surface area contributed by atoms with Crippen LogP contribution in [0, 0.1) is 6.92 Å². The van der Waals surface area contributed by atoms with E-state index >= 15 is 0 Å². The third kappa shape index (κ3) is 3.56. The smallest absolute Gasteiger partial charge is 0.333 e. The molecule has 0 unspecified atom stereocenters. The quantitative estimate of drug-likeness (QED) is 0.762. The van der Waals surface area contributed by atoms with Crippen molar-refractivity contribution in [1.82, 2.24) is 4.90 Å². The third-order valence-electron chi connectivity index (χ3n) is 1.90. The Hall–Kier alpha value is -1.52. The van der Waals surface area contributed by atoms with Gasteiger partial charge in [-0.05, 0) is 24.6 Å². The summed E-state index contributed by atoms with van der Waals surface area (Å²) in [6.45, 7) is 4.15. The molecule has 0 saturated heterocycles. The minimum absolute atomic E-state index is 0.145. The molecule has 0 aliphatic carbocycles. The van der Waals surface area contributed by atoms with Gasteiger partial charge >= 0.3 is 6.18 Å². The normalized spacial score (nSPS) is 11.3. The monoisotopic (exact) mass is 229 g/mol. The Morgan fingerprint density at radius 3 is 2.56 bits per heavy atom. The Bertz CT molecular complexity index is 387. The number of hydrogen-bond acceptors (Lipinski definition) is 1. The van der Waals surface area contributed by atoms with Gasteiger partial charge in [0.1, 0.15) is 6.54 Å². The molecule has 2 nitrogen and oxygen atoms in total. The molecule has 2 radical (unpaired) electrons. The maximum absolute atomic E-state index is 12.0. The van der Waals surface area contributed by atoms with Crippen molar-refractivity contribution in [3.63, 3.8) is 0 Å². The molecule has 0 fully saturated rings. The molecule has 0 spiro atoms. The molecule has 1 amide bonds. The average molecular weight is 229 g/mol. The van der Waals surface area contributed by atoms with E-state index in [9.17, 15) is 18.0 Å². The lowest BCUT2D eigenvalue weighted by molar-refractivity contribution is -0.138. The van der Waals surface area contributed by atoms with Crippen LogP contribution in [0.1, 0.15) is 15.9 Å². The predicted octanol–water partition coefficient (Wildman–Crippen LogP) is 2.38. The molecule has 0 aromatic heterocycles. The van der Waals surface area contributed by atoms with Gasteiger partial charge in [0.15, 0.2) is 0 Å². The number of rotatable bonds is 2. The summed E-state index contributed by atoms with van der Waals surface area (Å²) in [5.41, 5.74) is 0.484. The second kappa shape index (κ2) is 4.55. The van der Waals surface area contributed by atoms with Crippen LogP contribution in [-0.2, 0) is 0 Å². The fourth-order valence-electron chi connectivity index (χ4n) is 1.23. The molecule has 0 heterocycles. The van der Waals surface area contributed by atoms with Crippen LogP contribution in [0.2, 0.25) is 0 Å². The predicted molar refractivity (Wildman–Crippen MR) is 52.9 cm³/mol. The maximum atomic E-state index is 12.0. The van der Waals surface area contributed by atoms with Gasteiger partial charge in [-0.3, -0.25) is 4.79 Å². The van der Waals surface area contributed by atoms with Gasteiger partial charge in [-0.25, -0.2) is 0 Å². The molecule has 5 heteroatoms. The zero-order valence-corrected chi connectivity index (χ0v) is 8.58. The number of amides is 1. The molecular weight excluding hydrogens is 219 g/mol. The van der Waals surface area contributed by atoms with Crippen molar-refractivity contribution in [2.24, 2.45) is 0 Å². The molecule has 0 bridgehead atoms. The highest BCUT2D eigenvalue weighted by molar-refractivity contribution is 5.94. The largest absolute Gasteiger partial charge is 0.406 e. The van der Waals surface area contributed by atoms with Crippen molar-refractivity contribution in [3.8, 4) is 0 Å². The van der Waals surface area contributed by atoms with E-state index in [1.54, 1.807) is 6.07 Å². The number of alkyl halides is 3. The van der Waals surface area contributed by atoms with Gasteiger partial charge in [0.2, 0.25) is 0 Å². The second-order valence-corrected chi connectivity index (χ2v) is 3.40. The molecule has 0 aliphatic rings. The fourth-order valence-corrected chi connectivity index (χ4v) is 1.23. The van der Waals surface area contributed by atoms with Gasteiger partial charge in [0.05, 0.1) is 0 Å². The summed E-state index contributed by atoms with van der Waals surface area (Å²) in [5, 5.41) is 0. The Morgan fingerprint density at radius 1 is 1.44 bits per heavy atom. The van der Waals surface area contributed by atoms with Crippen LogP contribution >= 0.6 is 0 Å². The minimum Gasteiger partial charge on any atom is -0.333 e. The summed E-state index contributed by atoms with van der Waals surface area (Å²) in [4.78, 5) is 12.2. The lowest BCUT2D eigenvalue weighted by atomic mass is 10.1. The zero-order chi connectivity index (χ0) is 12.3. The Morgan fingerprint density at radius 2 is 2.06 bits per heavy atom. The van der Waals surface area contributed by atoms with Gasteiger partial charge in [-0.15, -0.1) is 0 Å². The van der Waals surface area contributed by atoms with E-state index in [4.69, 9.17) is 6.92 Å². The molecule has 16 heavy (non-hydrogen) atoms. The fraction of sp³-hybridized carbons (Fsp3) is 0.273. The molecule has 86 valence electrons. The first-order chi connectivity index (χ1) is 7.29. The molecule has 0 saturated carbocycles. The van der Waals surface area contributed by atoms with E-state index in [1.807, 2.05) is 0 Å². The summed E-state index contributed by atoms with van der Waals surface area (Å²) in [6.07, 6.45) is -4.40. The van der Waals surface area contributed by atoms with Gasteiger partial charge in [0, 0.05) is 12.6 Å². The minimum atomic E-state index is -4.40. The molecule has 0 aliphatic heterocycles. The summed E-state index contributed by atoms with van der Waals surface area (Å²) in [7, 11) is 1.10. The van der Waals surface area contributed by atoms with Crippen LogP contribution in [0.15, 0.2) is 24.3 Å². The van der Waals surface area contributed by atoms with Crippen molar-refractivity contribution in [1.29, 1.82) is 0 Å². The molecule has 0 N–H and O–H groups in total. The number of benzene rings is 1. The first kappa shape index (κ1) is 12.5. The highest BCUT2D eigenvalue weighted by Gasteiger charge is 2.31. The summed E-state index contributed by atoms with van der Waals surface area (Å²) < 4.78 is 36.1. The lowest BCUT2D eigenvalue weighted by Gasteiger charge is -2.19. The Labute approximate surface area is 91.7 Å². The summed E-state index contributed by atoms with van der Waals surface area (Å²) >= 11 is 0. The summed E-state index contributed by atoms with van der Waals surface area (Å²) in [6, 6.07) is 5.84. The molecular formula is C11H10F3NO. The standard InChI is InChI=1S/C11H10F3NO/c1-8-4-3-5-9(6-8)10(16)15(2)7-11(12,13)14/h1,3-6H,7H2,2H3. The van der Waals surface area contributed by atoms with Crippen LogP contribution in [0.3, 0.4) is 0 Å². The first-order valence-corrected chi connectivity index (χ1v) is 4.47. The van der Waals surface area contributed by atoms with Crippen LogP contribution in [0.4, 0.5) is 13.2 Å². The van der Waals surface area contributed by atoms with Crippen molar-refractivity contribution >= 4 is 5.91 Å². The van der Waals surface area contributed by atoms with Gasteiger partial charge in [-0.2, -0.15) is 13.2 Å². The van der Waals surface area contributed by atoms with Crippen molar-refractivity contribution in [2.75, 3.05) is 13.6 Å². The van der Waals surface area contributed by atoms with Gasteiger partial charge in [-0.1, -0.05) is 12.1 Å². The van der Waals surface area contributed by atoms with Crippen molar-refractivity contribution in [3.05, 3.63) is 42.3 Å². The van der Waals surface area contributed by atoms with Gasteiger partial charge in [0.25, 0.3) is 5.91 Å². The van der Waals surface area contributed by atoms with E-state index in [1.165, 1.54) is 18.2 Å². The van der Waals surface area contributed by atoms with E-state index in [2.05, 4.69) is 0 Å². The molecule has 1 rings (SSSR count). The van der Waals surface area contributed by atoms with E-state index in [-0.39, 0.29) is 5.56 Å². The van der Waals surface area contributed by atoms with Gasteiger partial charge < -0.3 is 4.90 Å². The maximum Gasteiger partial charge on any atom is 0.406 e. The van der Waals surface area contributed by atoms with Crippen LogP contribution < -0.4 is 0 Å². The van der Waals surface area contributed by atoms with Crippen LogP contribution in [0.5, 0.6) is 0 Å². The van der Waals surface area contributed by atoms with Crippen molar-refractivity contribution in [2.45, 2.75) is 6.18 Å². The Balaban J connectivity index is 2.78. The zero-order valence-electron chi connectivity index (χ0n) is 8.58. The topological polar surface area (TPSA) is 20.3 Å². The lowest BCUT2D eigenvalue weighted by Crippen LogP contribution is -2.35. The summed E-state index contributed by atoms with van der Waals surface area (Å²) in [5.74, 6) is -0.704. The van der Waals surface area contributed by atoms with Crippen LogP contribution in [0.25, 0.3) is 0 Å². The number of halogens is 3. The van der Waals surface area contributed by atoms with E-state index in [0.29, 0.717) is 10.5 Å². The van der Waals surface area contributed by atoms with Crippen molar-refractivity contribution < 1.29 is 18.0 Å². The highest BCUT2D eigenvalue weighted by atomic mass is 19.4. The Kier molecular flexibility index (Phi) is 3.57. The molecule has 1 aromatic rings. The highest BCUT2D eigenvalue weighted by Crippen LogP contribution is 2.17. The number of nitrogens with zero attached hydrogens (tertiary/aromatic N) is 1. The molecule has 0 atom stereocenters. The van der Waals surface area contributed by atoms with E-state index < -0.39 is 18.6 Å². The number of carbonyl (C=O) groups is 1. The second-order valence-electron chi connectivity index (χ2n) is 3.40. The first-order valence-electron chi connectivity index (χ1n) is 4.47. The number of hydrogen-bond donors (Lipinski definition) is 0. The van der Waals surface area contributed by atoms with Crippen LogP contribution in [-0.4, -0.2) is 30.6 Å².